The van der Waals surface area contributed by atoms with E-state index in [1.807, 2.05) is 0 Å². The molecule has 0 spiro atoms. The van der Waals surface area contributed by atoms with Gasteiger partial charge in [0.2, 0.25) is 10.0 Å². The molecule has 0 saturated carbocycles. The molecule has 0 aliphatic rings. The van der Waals surface area contributed by atoms with Gasteiger partial charge in [-0.2, -0.15) is 0 Å². The van der Waals surface area contributed by atoms with Gasteiger partial charge in [-0.15, -0.1) is 0 Å². The number of anilines is 1. The van der Waals surface area contributed by atoms with Gasteiger partial charge in [-0.25, -0.2) is 18.1 Å². The van der Waals surface area contributed by atoms with Crippen molar-refractivity contribution < 1.29 is 17.9 Å². The Morgan fingerprint density at radius 1 is 1.24 bits per heavy atom. The molecular formula is C16H18ClN3O4S. The molecule has 1 heterocycles. The molecule has 2 rings (SSSR count). The lowest BCUT2D eigenvalue weighted by Gasteiger charge is -2.13. The molecule has 0 unspecified atom stereocenters. The van der Waals surface area contributed by atoms with Crippen molar-refractivity contribution in [1.29, 1.82) is 0 Å². The molecule has 1 atom stereocenters. The second kappa shape index (κ2) is 8.39. The van der Waals surface area contributed by atoms with E-state index in [9.17, 15) is 13.2 Å². The molecule has 1 aromatic carbocycles. The van der Waals surface area contributed by atoms with Gasteiger partial charge in [0.1, 0.15) is 5.15 Å². The summed E-state index contributed by atoms with van der Waals surface area (Å²) in [5.74, 6) is -0.369. The smallest absolute Gasteiger partial charge is 0.257 e. The molecule has 7 nitrogen and oxygen atoms in total. The molecule has 1 amide bonds. The van der Waals surface area contributed by atoms with Gasteiger partial charge < -0.3 is 10.1 Å². The maximum Gasteiger partial charge on any atom is 0.257 e. The number of rotatable bonds is 7. The molecule has 0 aliphatic heterocycles. The van der Waals surface area contributed by atoms with Crippen LogP contribution in [0.5, 0.6) is 0 Å². The highest BCUT2D eigenvalue weighted by atomic mass is 35.5. The third-order valence-corrected chi connectivity index (χ3v) is 5.01. The first kappa shape index (κ1) is 19.3. The van der Waals surface area contributed by atoms with Crippen LogP contribution >= 0.6 is 11.6 Å². The molecular weight excluding hydrogens is 366 g/mol. The van der Waals surface area contributed by atoms with Crippen molar-refractivity contribution in [2.75, 3.05) is 19.0 Å². The molecule has 2 N–H and O–H groups in total. The Morgan fingerprint density at radius 2 is 1.92 bits per heavy atom. The Kier molecular flexibility index (Phi) is 6.49. The summed E-state index contributed by atoms with van der Waals surface area (Å²) in [7, 11) is -2.15. The number of carbonyl (C=O) groups is 1. The highest BCUT2D eigenvalue weighted by Crippen LogP contribution is 2.15. The fourth-order valence-corrected chi connectivity index (χ4v) is 3.39. The Balaban J connectivity index is 2.06. The molecule has 25 heavy (non-hydrogen) atoms. The van der Waals surface area contributed by atoms with Gasteiger partial charge in [-0.3, -0.25) is 4.79 Å². The Morgan fingerprint density at radius 3 is 2.48 bits per heavy atom. The lowest BCUT2D eigenvalue weighted by molar-refractivity contribution is 0.102. The number of aromatic nitrogens is 1. The summed E-state index contributed by atoms with van der Waals surface area (Å²) in [6.45, 7) is 1.97. The van der Waals surface area contributed by atoms with Crippen molar-refractivity contribution in [3.05, 3.63) is 53.3 Å². The number of hydrogen-bond donors (Lipinski definition) is 2. The number of sulfonamides is 1. The quantitative estimate of drug-likeness (QED) is 0.715. The summed E-state index contributed by atoms with van der Waals surface area (Å²) in [6.07, 6.45) is 1.36. The van der Waals surface area contributed by atoms with Crippen LogP contribution in [0.1, 0.15) is 17.3 Å². The van der Waals surface area contributed by atoms with Crippen LogP contribution in [0.4, 0.5) is 5.69 Å². The van der Waals surface area contributed by atoms with Crippen molar-refractivity contribution in [2.45, 2.75) is 17.9 Å². The van der Waals surface area contributed by atoms with E-state index in [1.54, 1.807) is 13.0 Å². The second-order valence-electron chi connectivity index (χ2n) is 5.33. The van der Waals surface area contributed by atoms with Crippen molar-refractivity contribution in [3.8, 4) is 0 Å². The average Bonchev–Trinajstić information content (AvgIpc) is 2.55. The minimum atomic E-state index is -3.65. The number of nitrogens with zero attached hydrogens (tertiary/aromatic N) is 1. The predicted octanol–water partition coefficient (Wildman–Crippen LogP) is 2.30. The molecule has 0 bridgehead atoms. The van der Waals surface area contributed by atoms with E-state index in [0.717, 1.165) is 0 Å². The summed E-state index contributed by atoms with van der Waals surface area (Å²) in [5.41, 5.74) is 0.806. The summed E-state index contributed by atoms with van der Waals surface area (Å²) in [5, 5.41) is 2.95. The van der Waals surface area contributed by atoms with Crippen molar-refractivity contribution >= 4 is 33.2 Å². The maximum atomic E-state index is 12.2. The van der Waals surface area contributed by atoms with Gasteiger partial charge in [0.15, 0.2) is 0 Å². The topological polar surface area (TPSA) is 97.4 Å². The molecule has 0 saturated heterocycles. The van der Waals surface area contributed by atoms with E-state index in [0.29, 0.717) is 16.4 Å². The molecule has 2 aromatic rings. The van der Waals surface area contributed by atoms with E-state index in [1.165, 1.54) is 43.6 Å². The summed E-state index contributed by atoms with van der Waals surface area (Å²) >= 11 is 5.68. The monoisotopic (exact) mass is 383 g/mol. The third-order valence-electron chi connectivity index (χ3n) is 3.19. The number of hydrogen-bond acceptors (Lipinski definition) is 5. The minimum absolute atomic E-state index is 0.0987. The average molecular weight is 384 g/mol. The van der Waals surface area contributed by atoms with Crippen LogP contribution in [0.25, 0.3) is 0 Å². The van der Waals surface area contributed by atoms with Crippen LogP contribution in [-0.2, 0) is 14.8 Å². The molecule has 1 aromatic heterocycles. The van der Waals surface area contributed by atoms with E-state index in [-0.39, 0.29) is 23.5 Å². The number of ether oxygens (including phenoxy) is 1. The lowest BCUT2D eigenvalue weighted by atomic mass is 10.2. The third kappa shape index (κ3) is 5.50. The summed E-state index contributed by atoms with van der Waals surface area (Å²) < 4.78 is 31.9. The Labute approximate surface area is 151 Å². The zero-order chi connectivity index (χ0) is 18.4. The fourth-order valence-electron chi connectivity index (χ4n) is 2.05. The first-order valence-electron chi connectivity index (χ1n) is 7.36. The number of nitrogens with one attached hydrogen (secondary N) is 2. The zero-order valence-electron chi connectivity index (χ0n) is 13.7. The van der Waals surface area contributed by atoms with Crippen LogP contribution < -0.4 is 10.0 Å². The second-order valence-corrected chi connectivity index (χ2v) is 7.43. The van der Waals surface area contributed by atoms with Crippen LogP contribution in [0, 0.1) is 0 Å². The number of benzene rings is 1. The normalized spacial score (nSPS) is 12.6. The number of halogens is 1. The largest absolute Gasteiger partial charge is 0.383 e. The Hall–Kier alpha value is -2.00. The van der Waals surface area contributed by atoms with E-state index < -0.39 is 10.0 Å². The highest BCUT2D eigenvalue weighted by Gasteiger charge is 2.17. The standard InChI is InChI=1S/C16H18ClN3O4S/c1-11(10-24-2)20-25(22,23)14-6-4-13(5-7-14)19-16(21)12-3-8-15(17)18-9-12/h3-9,11,20H,10H2,1-2H3,(H,19,21)/t11-/m1/s1. The highest BCUT2D eigenvalue weighted by molar-refractivity contribution is 7.89. The molecule has 0 aliphatic carbocycles. The Bertz CT molecular complexity index is 823. The molecule has 0 radical (unpaired) electrons. The van der Waals surface area contributed by atoms with Crippen LogP contribution in [-0.4, -0.2) is 39.1 Å². The van der Waals surface area contributed by atoms with Gasteiger partial charge in [0, 0.05) is 25.0 Å². The number of methoxy groups -OCH3 is 1. The zero-order valence-corrected chi connectivity index (χ0v) is 15.3. The van der Waals surface area contributed by atoms with Crippen LogP contribution in [0.3, 0.4) is 0 Å². The number of amides is 1. The van der Waals surface area contributed by atoms with Gasteiger partial charge in [0.25, 0.3) is 5.91 Å². The van der Waals surface area contributed by atoms with Crippen LogP contribution in [0.2, 0.25) is 5.15 Å². The fraction of sp³-hybridized carbons (Fsp3) is 0.250. The van der Waals surface area contributed by atoms with Gasteiger partial charge in [-0.05, 0) is 43.3 Å². The predicted molar refractivity (Wildman–Crippen MR) is 95.3 cm³/mol. The lowest BCUT2D eigenvalue weighted by Crippen LogP contribution is -2.35. The number of carbonyl (C=O) groups excluding carboxylic acids is 1. The van der Waals surface area contributed by atoms with Gasteiger partial charge in [-0.1, -0.05) is 11.6 Å². The van der Waals surface area contributed by atoms with E-state index in [2.05, 4.69) is 15.0 Å². The molecule has 134 valence electrons. The molecule has 0 fully saturated rings. The minimum Gasteiger partial charge on any atom is -0.383 e. The van der Waals surface area contributed by atoms with E-state index >= 15 is 0 Å². The van der Waals surface area contributed by atoms with E-state index in [4.69, 9.17) is 16.3 Å². The summed E-state index contributed by atoms with van der Waals surface area (Å²) in [6, 6.07) is 8.55. The number of pyridine rings is 1. The SMILES string of the molecule is COC[C@@H](C)NS(=O)(=O)c1ccc(NC(=O)c2ccc(Cl)nc2)cc1. The maximum absolute atomic E-state index is 12.2. The van der Waals surface area contributed by atoms with Crippen molar-refractivity contribution in [1.82, 2.24) is 9.71 Å². The first-order valence-corrected chi connectivity index (χ1v) is 9.22. The first-order chi connectivity index (χ1) is 11.8. The van der Waals surface area contributed by atoms with Crippen molar-refractivity contribution in [2.24, 2.45) is 0 Å². The molecule has 9 heteroatoms. The van der Waals surface area contributed by atoms with Crippen LogP contribution in [0.15, 0.2) is 47.5 Å². The summed E-state index contributed by atoms with van der Waals surface area (Å²) in [4.78, 5) is 16.0. The van der Waals surface area contributed by atoms with Gasteiger partial charge in [0.05, 0.1) is 17.1 Å². The van der Waals surface area contributed by atoms with Gasteiger partial charge >= 0.3 is 0 Å². The van der Waals surface area contributed by atoms with Crippen molar-refractivity contribution in [3.63, 3.8) is 0 Å².